The van der Waals surface area contributed by atoms with Gasteiger partial charge in [0.2, 0.25) is 0 Å². The molecule has 72 valence electrons. The van der Waals surface area contributed by atoms with Gasteiger partial charge in [-0.25, -0.2) is 0 Å². The quantitative estimate of drug-likeness (QED) is 0.581. The molecule has 0 aromatic heterocycles. The van der Waals surface area contributed by atoms with Gasteiger partial charge in [0.25, 0.3) is 0 Å². The van der Waals surface area contributed by atoms with Crippen molar-refractivity contribution in [2.45, 2.75) is 26.2 Å². The highest BCUT2D eigenvalue weighted by molar-refractivity contribution is 5.47. The highest BCUT2D eigenvalue weighted by atomic mass is 14.6. The van der Waals surface area contributed by atoms with E-state index in [2.05, 4.69) is 43.4 Å². The van der Waals surface area contributed by atoms with Crippen LogP contribution in [0.2, 0.25) is 0 Å². The molecular weight excluding hydrogens is 168 g/mol. The summed E-state index contributed by atoms with van der Waals surface area (Å²) in [5, 5.41) is 0. The Bertz CT molecular complexity index is 379. The summed E-state index contributed by atoms with van der Waals surface area (Å²) in [6.45, 7) is 2.20. The van der Waals surface area contributed by atoms with Crippen LogP contribution in [-0.2, 0) is 0 Å². The molecule has 0 saturated heterocycles. The standard InChI is InChI=1S/C14H16/c1-11-7-8-14(10-13(14)9-11)12-5-3-2-4-6-12/h3,5-9,13H,2,4,10H2,1H3. The zero-order valence-electron chi connectivity index (χ0n) is 8.66. The highest BCUT2D eigenvalue weighted by Crippen LogP contribution is 2.62. The van der Waals surface area contributed by atoms with Crippen molar-refractivity contribution in [1.29, 1.82) is 0 Å². The molecule has 0 nitrogen and oxygen atoms in total. The maximum atomic E-state index is 2.43. The Hall–Kier alpha value is -1.04. The van der Waals surface area contributed by atoms with E-state index in [0.717, 1.165) is 5.92 Å². The second-order valence-electron chi connectivity index (χ2n) is 4.73. The van der Waals surface area contributed by atoms with E-state index >= 15 is 0 Å². The molecule has 2 atom stereocenters. The first-order valence-electron chi connectivity index (χ1n) is 5.56. The van der Waals surface area contributed by atoms with Crippen LogP contribution in [0.15, 0.2) is 47.6 Å². The van der Waals surface area contributed by atoms with Gasteiger partial charge in [0.1, 0.15) is 0 Å². The Morgan fingerprint density at radius 1 is 1.29 bits per heavy atom. The first-order chi connectivity index (χ1) is 6.81. The summed E-state index contributed by atoms with van der Waals surface area (Å²) in [6, 6.07) is 0. The van der Waals surface area contributed by atoms with Crippen LogP contribution < -0.4 is 0 Å². The Morgan fingerprint density at radius 2 is 2.21 bits per heavy atom. The largest absolute Gasteiger partial charge is 0.0839 e. The van der Waals surface area contributed by atoms with Crippen LogP contribution >= 0.6 is 0 Å². The molecule has 0 N–H and O–H groups in total. The minimum Gasteiger partial charge on any atom is -0.0839 e. The van der Waals surface area contributed by atoms with Gasteiger partial charge in [0.15, 0.2) is 0 Å². The lowest BCUT2D eigenvalue weighted by molar-refractivity contribution is 0.726. The number of hydrogen-bond acceptors (Lipinski definition) is 0. The van der Waals surface area contributed by atoms with Crippen LogP contribution in [0.4, 0.5) is 0 Å². The minimum atomic E-state index is 0.413. The Balaban J connectivity index is 1.92. The average Bonchev–Trinajstić information content (AvgIpc) is 2.94. The van der Waals surface area contributed by atoms with Gasteiger partial charge < -0.3 is 0 Å². The smallest absolute Gasteiger partial charge is 0.0201 e. The van der Waals surface area contributed by atoms with E-state index in [9.17, 15) is 0 Å². The van der Waals surface area contributed by atoms with E-state index in [-0.39, 0.29) is 0 Å². The second-order valence-corrected chi connectivity index (χ2v) is 4.73. The Kier molecular flexibility index (Phi) is 1.61. The third kappa shape index (κ3) is 1.06. The van der Waals surface area contributed by atoms with Crippen molar-refractivity contribution >= 4 is 0 Å². The Morgan fingerprint density at radius 3 is 2.93 bits per heavy atom. The summed E-state index contributed by atoms with van der Waals surface area (Å²) >= 11 is 0. The van der Waals surface area contributed by atoms with Crippen molar-refractivity contribution in [1.82, 2.24) is 0 Å². The predicted molar refractivity (Wildman–Crippen MR) is 59.9 cm³/mol. The number of allylic oxidation sites excluding steroid dienone is 8. The van der Waals surface area contributed by atoms with Gasteiger partial charge in [-0.1, -0.05) is 42.0 Å². The van der Waals surface area contributed by atoms with Crippen molar-refractivity contribution < 1.29 is 0 Å². The molecule has 0 bridgehead atoms. The van der Waals surface area contributed by atoms with E-state index in [4.69, 9.17) is 0 Å². The maximum absolute atomic E-state index is 2.43. The van der Waals surface area contributed by atoms with Crippen LogP contribution in [0.5, 0.6) is 0 Å². The molecule has 14 heavy (non-hydrogen) atoms. The van der Waals surface area contributed by atoms with E-state index in [1.54, 1.807) is 5.57 Å². The molecule has 3 rings (SSSR count). The molecule has 0 aliphatic heterocycles. The third-order valence-corrected chi connectivity index (χ3v) is 3.70. The van der Waals surface area contributed by atoms with Gasteiger partial charge in [-0.15, -0.1) is 0 Å². The predicted octanol–water partition coefficient (Wildman–Crippen LogP) is 3.79. The maximum Gasteiger partial charge on any atom is 0.0201 e. The summed E-state index contributed by atoms with van der Waals surface area (Å²) in [5.74, 6) is 0.793. The molecule has 1 fully saturated rings. The minimum absolute atomic E-state index is 0.413. The molecule has 0 amide bonds. The molecule has 0 aromatic rings. The molecule has 1 saturated carbocycles. The van der Waals surface area contributed by atoms with Crippen LogP contribution in [-0.4, -0.2) is 0 Å². The first-order valence-corrected chi connectivity index (χ1v) is 5.56. The fraction of sp³-hybridized carbons (Fsp3) is 0.429. The summed E-state index contributed by atoms with van der Waals surface area (Å²) in [7, 11) is 0. The summed E-state index contributed by atoms with van der Waals surface area (Å²) in [6.07, 6.45) is 18.0. The fourth-order valence-corrected chi connectivity index (χ4v) is 2.74. The second kappa shape index (κ2) is 2.73. The first kappa shape index (κ1) is 8.28. The SMILES string of the molecule is CC1=CC2CC2(C2=CCCC=C2)C=C1. The molecule has 3 aliphatic carbocycles. The zero-order chi connectivity index (χ0) is 9.60. The van der Waals surface area contributed by atoms with E-state index in [1.165, 1.54) is 24.8 Å². The van der Waals surface area contributed by atoms with Crippen molar-refractivity contribution in [3.8, 4) is 0 Å². The molecule has 0 heterocycles. The van der Waals surface area contributed by atoms with Crippen molar-refractivity contribution in [3.05, 3.63) is 47.6 Å². The molecule has 2 unspecified atom stereocenters. The molecule has 3 aliphatic rings. The summed E-state index contributed by atoms with van der Waals surface area (Å²) in [4.78, 5) is 0. The monoisotopic (exact) mass is 184 g/mol. The molecule has 0 spiro atoms. The molecule has 0 radical (unpaired) electrons. The van der Waals surface area contributed by atoms with Crippen LogP contribution in [0, 0.1) is 11.3 Å². The van der Waals surface area contributed by atoms with Crippen LogP contribution in [0.1, 0.15) is 26.2 Å². The average molecular weight is 184 g/mol. The van der Waals surface area contributed by atoms with Crippen molar-refractivity contribution in [3.63, 3.8) is 0 Å². The lowest BCUT2D eigenvalue weighted by Crippen LogP contribution is -2.06. The van der Waals surface area contributed by atoms with Crippen LogP contribution in [0.3, 0.4) is 0 Å². The van der Waals surface area contributed by atoms with Crippen molar-refractivity contribution in [2.75, 3.05) is 0 Å². The number of hydrogen-bond donors (Lipinski definition) is 0. The van der Waals surface area contributed by atoms with E-state index < -0.39 is 0 Å². The van der Waals surface area contributed by atoms with Gasteiger partial charge in [-0.3, -0.25) is 0 Å². The molecular formula is C14H16. The Labute approximate surface area is 85.7 Å². The third-order valence-electron chi connectivity index (χ3n) is 3.70. The lowest BCUT2D eigenvalue weighted by atomic mass is 9.86. The van der Waals surface area contributed by atoms with Crippen LogP contribution in [0.25, 0.3) is 0 Å². The normalized spacial score (nSPS) is 38.8. The molecule has 0 aromatic carbocycles. The van der Waals surface area contributed by atoms with Gasteiger partial charge in [-0.2, -0.15) is 0 Å². The van der Waals surface area contributed by atoms with Gasteiger partial charge in [0.05, 0.1) is 0 Å². The fourth-order valence-electron chi connectivity index (χ4n) is 2.74. The number of fused-ring (bicyclic) bond motifs is 1. The van der Waals surface area contributed by atoms with E-state index in [1.807, 2.05) is 0 Å². The van der Waals surface area contributed by atoms with Gasteiger partial charge in [0, 0.05) is 5.41 Å². The van der Waals surface area contributed by atoms with Crippen molar-refractivity contribution in [2.24, 2.45) is 11.3 Å². The summed E-state index contributed by atoms with van der Waals surface area (Å²) < 4.78 is 0. The lowest BCUT2D eigenvalue weighted by Gasteiger charge is -2.19. The zero-order valence-corrected chi connectivity index (χ0v) is 8.66. The highest BCUT2D eigenvalue weighted by Gasteiger charge is 2.53. The van der Waals surface area contributed by atoms with Gasteiger partial charge >= 0.3 is 0 Å². The van der Waals surface area contributed by atoms with Gasteiger partial charge in [-0.05, 0) is 37.7 Å². The van der Waals surface area contributed by atoms with E-state index in [0.29, 0.717) is 5.41 Å². The molecule has 0 heteroatoms. The summed E-state index contributed by atoms with van der Waals surface area (Å²) in [5.41, 5.74) is 3.41. The number of rotatable bonds is 1. The topological polar surface area (TPSA) is 0 Å².